The average molecular weight is 368 g/mol. The lowest BCUT2D eigenvalue weighted by molar-refractivity contribution is 1.07. The Balaban J connectivity index is 1.71. The molecule has 0 saturated heterocycles. The number of halogens is 1. The molecular formula is C18H14ClN5S. The smallest absolute Gasteiger partial charge is 0.223 e. The standard InChI is InChI=1S/C18H14ClN5S/c19-13-5-3-12(4-6-13)16-15(17-20-7-8-21-17)11-23-18(24-16)22-10-14-2-1-9-25-14/h1-9,11H,10H2,(H,20,21)(H,22,23,24). The molecule has 0 saturated carbocycles. The first-order valence-corrected chi connectivity index (χ1v) is 8.94. The number of hydrogen-bond acceptors (Lipinski definition) is 5. The summed E-state index contributed by atoms with van der Waals surface area (Å²) >= 11 is 7.71. The van der Waals surface area contributed by atoms with E-state index in [0.717, 1.165) is 22.6 Å². The Kier molecular flexibility index (Phi) is 4.45. The largest absolute Gasteiger partial charge is 0.349 e. The maximum absolute atomic E-state index is 6.01. The van der Waals surface area contributed by atoms with Crippen LogP contribution in [0.5, 0.6) is 0 Å². The Bertz CT molecular complexity index is 950. The van der Waals surface area contributed by atoms with Gasteiger partial charge in [-0.1, -0.05) is 29.8 Å². The average Bonchev–Trinajstić information content (AvgIpc) is 3.34. The van der Waals surface area contributed by atoms with E-state index in [9.17, 15) is 0 Å². The molecular weight excluding hydrogens is 354 g/mol. The molecule has 0 aliphatic heterocycles. The number of hydrogen-bond donors (Lipinski definition) is 2. The minimum atomic E-state index is 0.577. The summed E-state index contributed by atoms with van der Waals surface area (Å²) in [6.45, 7) is 0.692. The minimum absolute atomic E-state index is 0.577. The monoisotopic (exact) mass is 367 g/mol. The maximum atomic E-state index is 6.01. The van der Waals surface area contributed by atoms with Crippen molar-refractivity contribution in [1.82, 2.24) is 19.9 Å². The Labute approximate surface area is 153 Å². The van der Waals surface area contributed by atoms with Gasteiger partial charge in [0.05, 0.1) is 17.8 Å². The Morgan fingerprint density at radius 3 is 2.72 bits per heavy atom. The number of benzene rings is 1. The van der Waals surface area contributed by atoms with Crippen LogP contribution in [0.4, 0.5) is 5.95 Å². The molecule has 0 radical (unpaired) electrons. The molecule has 5 nitrogen and oxygen atoms in total. The number of aromatic amines is 1. The summed E-state index contributed by atoms with van der Waals surface area (Å²) in [5, 5.41) is 6.01. The summed E-state index contributed by atoms with van der Waals surface area (Å²) in [5.74, 6) is 1.31. The highest BCUT2D eigenvalue weighted by atomic mass is 35.5. The van der Waals surface area contributed by atoms with Crippen molar-refractivity contribution in [3.8, 4) is 22.6 Å². The zero-order valence-electron chi connectivity index (χ0n) is 13.1. The molecule has 0 amide bonds. The van der Waals surface area contributed by atoms with Gasteiger partial charge in [-0.2, -0.15) is 0 Å². The van der Waals surface area contributed by atoms with Crippen LogP contribution in [-0.2, 0) is 6.54 Å². The van der Waals surface area contributed by atoms with E-state index in [1.54, 1.807) is 29.9 Å². The molecule has 3 aromatic heterocycles. The van der Waals surface area contributed by atoms with Crippen LogP contribution < -0.4 is 5.32 Å². The van der Waals surface area contributed by atoms with E-state index in [0.29, 0.717) is 17.5 Å². The van der Waals surface area contributed by atoms with Crippen LogP contribution in [0.25, 0.3) is 22.6 Å². The van der Waals surface area contributed by atoms with Gasteiger partial charge >= 0.3 is 0 Å². The summed E-state index contributed by atoms with van der Waals surface area (Å²) in [5.41, 5.74) is 2.60. The predicted octanol–water partition coefficient (Wildman–Crippen LogP) is 4.86. The van der Waals surface area contributed by atoms with Crippen LogP contribution in [0.2, 0.25) is 5.02 Å². The lowest BCUT2D eigenvalue weighted by atomic mass is 10.1. The lowest BCUT2D eigenvalue weighted by Gasteiger charge is -2.10. The molecule has 0 unspecified atom stereocenters. The Hall–Kier alpha value is -2.70. The van der Waals surface area contributed by atoms with Crippen molar-refractivity contribution in [3.05, 3.63) is 70.3 Å². The van der Waals surface area contributed by atoms with Crippen LogP contribution >= 0.6 is 22.9 Å². The molecule has 124 valence electrons. The van der Waals surface area contributed by atoms with Gasteiger partial charge in [-0.15, -0.1) is 11.3 Å². The maximum Gasteiger partial charge on any atom is 0.223 e. The van der Waals surface area contributed by atoms with Gasteiger partial charge in [-0.25, -0.2) is 15.0 Å². The third-order valence-corrected chi connectivity index (χ3v) is 4.79. The number of imidazole rings is 1. The van der Waals surface area contributed by atoms with E-state index in [2.05, 4.69) is 31.7 Å². The van der Waals surface area contributed by atoms with Gasteiger partial charge in [0.2, 0.25) is 5.95 Å². The molecule has 0 aliphatic carbocycles. The van der Waals surface area contributed by atoms with Crippen molar-refractivity contribution >= 4 is 28.9 Å². The fourth-order valence-electron chi connectivity index (χ4n) is 2.46. The van der Waals surface area contributed by atoms with Crippen LogP contribution in [0.15, 0.2) is 60.4 Å². The molecule has 1 aromatic carbocycles. The zero-order chi connectivity index (χ0) is 17.1. The normalized spacial score (nSPS) is 10.8. The van der Waals surface area contributed by atoms with Crippen molar-refractivity contribution in [2.24, 2.45) is 0 Å². The van der Waals surface area contributed by atoms with Gasteiger partial charge < -0.3 is 10.3 Å². The molecule has 0 spiro atoms. The second-order valence-corrected chi connectivity index (χ2v) is 6.80. The van der Waals surface area contributed by atoms with E-state index in [1.807, 2.05) is 30.3 Å². The van der Waals surface area contributed by atoms with Gasteiger partial charge in [0, 0.05) is 34.1 Å². The molecule has 7 heteroatoms. The SMILES string of the molecule is Clc1ccc(-c2nc(NCc3cccs3)ncc2-c2ncc[nH]2)cc1. The lowest BCUT2D eigenvalue weighted by Crippen LogP contribution is -2.04. The zero-order valence-corrected chi connectivity index (χ0v) is 14.7. The molecule has 3 heterocycles. The summed E-state index contributed by atoms with van der Waals surface area (Å²) < 4.78 is 0. The first kappa shape index (κ1) is 15.8. The molecule has 0 fully saturated rings. The highest BCUT2D eigenvalue weighted by molar-refractivity contribution is 7.09. The summed E-state index contributed by atoms with van der Waals surface area (Å²) in [4.78, 5) is 17.8. The first-order valence-electron chi connectivity index (χ1n) is 7.68. The highest BCUT2D eigenvalue weighted by Gasteiger charge is 2.13. The molecule has 0 atom stereocenters. The molecule has 25 heavy (non-hydrogen) atoms. The van der Waals surface area contributed by atoms with Crippen molar-refractivity contribution < 1.29 is 0 Å². The van der Waals surface area contributed by atoms with Gasteiger partial charge in [0.25, 0.3) is 0 Å². The fraction of sp³-hybridized carbons (Fsp3) is 0.0556. The van der Waals surface area contributed by atoms with E-state index < -0.39 is 0 Å². The molecule has 0 bridgehead atoms. The van der Waals surface area contributed by atoms with Crippen LogP contribution in [0.1, 0.15) is 4.88 Å². The number of thiophene rings is 1. The van der Waals surface area contributed by atoms with Crippen molar-refractivity contribution in [1.29, 1.82) is 0 Å². The number of nitrogens with zero attached hydrogens (tertiary/aromatic N) is 3. The number of nitrogens with one attached hydrogen (secondary N) is 2. The summed E-state index contributed by atoms with van der Waals surface area (Å²) in [6.07, 6.45) is 5.28. The van der Waals surface area contributed by atoms with E-state index in [4.69, 9.17) is 16.6 Å². The van der Waals surface area contributed by atoms with Gasteiger partial charge in [-0.3, -0.25) is 0 Å². The Morgan fingerprint density at radius 2 is 2.00 bits per heavy atom. The minimum Gasteiger partial charge on any atom is -0.349 e. The number of rotatable bonds is 5. The van der Waals surface area contributed by atoms with E-state index in [-0.39, 0.29) is 0 Å². The topological polar surface area (TPSA) is 66.5 Å². The fourth-order valence-corrected chi connectivity index (χ4v) is 3.23. The summed E-state index contributed by atoms with van der Waals surface area (Å²) in [6, 6.07) is 11.7. The third-order valence-electron chi connectivity index (χ3n) is 3.66. The van der Waals surface area contributed by atoms with Crippen molar-refractivity contribution in [3.63, 3.8) is 0 Å². The second-order valence-electron chi connectivity index (χ2n) is 5.33. The van der Waals surface area contributed by atoms with Gasteiger partial charge in [0.15, 0.2) is 0 Å². The van der Waals surface area contributed by atoms with Gasteiger partial charge in [-0.05, 0) is 23.6 Å². The van der Waals surface area contributed by atoms with Crippen LogP contribution in [0, 0.1) is 0 Å². The second kappa shape index (κ2) is 7.04. The molecule has 0 aliphatic rings. The van der Waals surface area contributed by atoms with Crippen LogP contribution in [-0.4, -0.2) is 19.9 Å². The molecule has 4 aromatic rings. The molecule has 2 N–H and O–H groups in total. The molecule has 4 rings (SSSR count). The highest BCUT2D eigenvalue weighted by Crippen LogP contribution is 2.29. The van der Waals surface area contributed by atoms with E-state index >= 15 is 0 Å². The number of aromatic nitrogens is 4. The predicted molar refractivity (Wildman–Crippen MR) is 102 cm³/mol. The quantitative estimate of drug-likeness (QED) is 0.528. The summed E-state index contributed by atoms with van der Waals surface area (Å²) in [7, 11) is 0. The number of anilines is 1. The Morgan fingerprint density at radius 1 is 1.12 bits per heavy atom. The van der Waals surface area contributed by atoms with Crippen molar-refractivity contribution in [2.75, 3.05) is 5.32 Å². The van der Waals surface area contributed by atoms with Crippen LogP contribution in [0.3, 0.4) is 0 Å². The third kappa shape index (κ3) is 3.55. The van der Waals surface area contributed by atoms with Crippen molar-refractivity contribution in [2.45, 2.75) is 6.54 Å². The first-order chi connectivity index (χ1) is 12.3. The van der Waals surface area contributed by atoms with E-state index in [1.165, 1.54) is 4.88 Å². The number of H-pyrrole nitrogens is 1. The van der Waals surface area contributed by atoms with Gasteiger partial charge in [0.1, 0.15) is 5.82 Å².